The first-order chi connectivity index (χ1) is 53.5. The summed E-state index contributed by atoms with van der Waals surface area (Å²) in [5.74, 6) is -2.88. The van der Waals surface area contributed by atoms with E-state index in [0.29, 0.717) is 44.9 Å². The van der Waals surface area contributed by atoms with Crippen LogP contribution in [-0.4, -0.2) is 388 Å². The number of ether oxygens (including phenoxy) is 17. The van der Waals surface area contributed by atoms with Crippen LogP contribution in [0.4, 0.5) is 0 Å². The van der Waals surface area contributed by atoms with Crippen molar-refractivity contribution < 1.29 is 192 Å². The number of rotatable bonds is 18. The summed E-state index contributed by atoms with van der Waals surface area (Å²) >= 11 is 0. The number of allylic oxidation sites excluding steroid dienone is 2. The molecule has 0 aromatic heterocycles. The van der Waals surface area contributed by atoms with Gasteiger partial charge >= 0.3 is 11.9 Å². The van der Waals surface area contributed by atoms with Crippen LogP contribution in [0.15, 0.2) is 11.6 Å². The van der Waals surface area contributed by atoms with E-state index in [4.69, 9.17) is 80.5 Å². The van der Waals surface area contributed by atoms with Crippen molar-refractivity contribution in [2.45, 2.75) is 354 Å². The Morgan fingerprint density at radius 2 is 0.947 bits per heavy atom. The van der Waals surface area contributed by atoms with Gasteiger partial charge in [-0.2, -0.15) is 0 Å². The minimum Gasteiger partial charge on any atom is -0.467 e. The zero-order valence-electron chi connectivity index (χ0n) is 65.3. The highest BCUT2D eigenvalue weighted by Crippen LogP contribution is 2.76. The number of fused-ring (bicyclic) bond motifs is 7. The van der Waals surface area contributed by atoms with Crippen LogP contribution in [0, 0.1) is 50.2 Å². The lowest BCUT2D eigenvalue weighted by Crippen LogP contribution is -2.69. The SMILES string of the molecule is COC(=O)[C@H]1O[C@@H](O[C@H]2CC[C@]3(C)[C@H]4CC=C5[C@@H]6CC(C)(C)CC[C@]6(C(=O)O[C@@H]6OC[C@@H](O)[C@H](O[C@@H]7O[C@@H](C)[C@H](O)[C@@H](O)[C@H]7O)[C@H]6O[C@@H]6O[C@@H](C)[C@H](O[C@@H]7OC[C@@H](O)[C@H](O)[C@H]7O)[C@@H](O[C@@H]7OC[C@@H](O)[C@H](O[C@@H]8OC[C@@H](O)[C@H](O)[C@H]8O)[C@H]7O)[C@H]6O)[C@H](O)C[C@@]5(C)[C@]4(C)CC[C@H]3C2(C)C)[C@H](O[C@@H]2O[C@H](CO)[C@H](O)[C@H](O)[C@H]2O)[C@@H](O)[C@@H]1O. The lowest BCUT2D eigenvalue weighted by atomic mass is 9.33. The zero-order valence-corrected chi connectivity index (χ0v) is 65.3. The molecular formula is C75H120O39. The van der Waals surface area contributed by atoms with E-state index in [9.17, 15) is 107 Å². The average Bonchev–Trinajstić information content (AvgIpc) is 0.669. The van der Waals surface area contributed by atoms with Crippen LogP contribution in [0.3, 0.4) is 0 Å². The lowest BCUT2D eigenvalue weighted by Gasteiger charge is -2.71. The predicted molar refractivity (Wildman–Crippen MR) is 373 cm³/mol. The maximum absolute atomic E-state index is 16.3. The number of esters is 2. The number of carbonyl (C=O) groups excluding carboxylic acids is 2. The molecule has 654 valence electrons. The molecule has 8 saturated heterocycles. The summed E-state index contributed by atoms with van der Waals surface area (Å²) in [6.07, 6.45) is -61.2. The summed E-state index contributed by atoms with van der Waals surface area (Å²) in [4.78, 5) is 29.5. The second-order valence-corrected chi connectivity index (χ2v) is 36.0. The number of carbonyl (C=O) groups is 2. The summed E-state index contributed by atoms with van der Waals surface area (Å²) in [6.45, 7) is 14.4. The first kappa shape index (κ1) is 89.0. The molecule has 8 aliphatic heterocycles. The molecule has 12 fully saturated rings. The topological polar surface area (TPSA) is 596 Å². The van der Waals surface area contributed by atoms with Gasteiger partial charge in [0.2, 0.25) is 6.29 Å². The van der Waals surface area contributed by atoms with Crippen LogP contribution in [0.5, 0.6) is 0 Å². The highest BCUT2D eigenvalue weighted by Gasteiger charge is 2.73. The molecule has 4 saturated carbocycles. The monoisotopic (exact) mass is 1640 g/mol. The van der Waals surface area contributed by atoms with Crippen molar-refractivity contribution in [2.24, 2.45) is 50.2 Å². The number of aliphatic hydroxyl groups excluding tert-OH is 20. The number of aliphatic hydroxyl groups is 20. The number of methoxy groups -OCH3 is 1. The Labute approximate surface area is 657 Å². The molecule has 45 atom stereocenters. The summed E-state index contributed by atoms with van der Waals surface area (Å²) in [5.41, 5.74) is -3.81. The second kappa shape index (κ2) is 33.8. The van der Waals surface area contributed by atoms with Crippen molar-refractivity contribution in [3.63, 3.8) is 0 Å². The Hall–Kier alpha value is -2.72. The third-order valence-electron chi connectivity index (χ3n) is 28.4. The Morgan fingerprint density at radius 3 is 1.57 bits per heavy atom. The van der Waals surface area contributed by atoms with Gasteiger partial charge in [0.25, 0.3) is 0 Å². The summed E-state index contributed by atoms with van der Waals surface area (Å²) in [5, 5.41) is 224. The summed E-state index contributed by atoms with van der Waals surface area (Å²) in [7, 11) is 1.07. The Balaban J connectivity index is 0.789. The lowest BCUT2D eigenvalue weighted by molar-refractivity contribution is -0.399. The third-order valence-corrected chi connectivity index (χ3v) is 28.4. The molecule has 0 aromatic rings. The Kier molecular flexibility index (Phi) is 26.4. The molecule has 0 bridgehead atoms. The fraction of sp³-hybridized carbons (Fsp3) is 0.947. The molecule has 5 aliphatic carbocycles. The van der Waals surface area contributed by atoms with Crippen LogP contribution in [-0.2, 0) is 90.1 Å². The summed E-state index contributed by atoms with van der Waals surface area (Å²) < 4.78 is 103. The fourth-order valence-electron chi connectivity index (χ4n) is 21.4. The van der Waals surface area contributed by atoms with E-state index in [1.807, 2.05) is 0 Å². The van der Waals surface area contributed by atoms with E-state index in [1.54, 1.807) is 0 Å². The van der Waals surface area contributed by atoms with Gasteiger partial charge in [0, 0.05) is 0 Å². The average molecular weight is 1650 g/mol. The van der Waals surface area contributed by atoms with Gasteiger partial charge in [-0.15, -0.1) is 0 Å². The molecular weight excluding hydrogens is 1520 g/mol. The predicted octanol–water partition coefficient (Wildman–Crippen LogP) is -6.98. The van der Waals surface area contributed by atoms with Gasteiger partial charge in [-0.3, -0.25) is 4.79 Å². The molecule has 0 spiro atoms. The minimum absolute atomic E-state index is 0.0548. The standard InChI is InChI=1S/C75H120O39/c1-26-39(82)43(86)49(92)64(103-26)109-55-33(80)25-102-67(59(55)113-66-52(95)56(53(27(2)104-66)107-61-47(90)40(83)30(77)22-99-61)110-63-51(94)54(32(79)24-101-63)108-62-48(91)41(84)31(78)23-100-62)114-69(97)75-18-17-70(3,4)19-29(75)28-11-12-36-72(7)15-14-38(71(5,6)35(72)13-16-73(36,8)74(28,9)20-37(75)81)106-68-58(46(89)45(88)57(111-68)60(96)98-10)112-65-50(93)44(87)42(85)34(21-76)105-65/h11,26-27,29-59,61-68,76-95H,12-25H2,1-10H3/t26-,27-,29-,30+,31+,32+,33+,34+,35-,36+,37+,38-,39-,40-,41-,42-,43+,44-,45-,46-,47+,48+,49+,50+,51+,52+,53-,54-,55-,56-,57-,58+,59+,61-,62-,63-,64-,65-,66-,67-,68+,72-,73+,74+,75+/m0/s1. The smallest absolute Gasteiger partial charge is 0.337 e. The molecule has 13 rings (SSSR count). The minimum atomic E-state index is -2.22. The molecule has 0 radical (unpaired) electrons. The van der Waals surface area contributed by atoms with Gasteiger partial charge in [-0.25, -0.2) is 4.79 Å². The van der Waals surface area contributed by atoms with E-state index in [1.165, 1.54) is 13.8 Å². The number of hydrogen-bond donors (Lipinski definition) is 20. The van der Waals surface area contributed by atoms with Crippen molar-refractivity contribution in [3.05, 3.63) is 11.6 Å². The second-order valence-electron chi connectivity index (χ2n) is 36.0. The molecule has 8 heterocycles. The highest BCUT2D eigenvalue weighted by molar-refractivity contribution is 5.80. The van der Waals surface area contributed by atoms with Gasteiger partial charge in [-0.05, 0) is 116 Å². The quantitative estimate of drug-likeness (QED) is 0.0344. The molecule has 13 aliphatic rings. The van der Waals surface area contributed by atoms with E-state index in [0.717, 1.165) is 12.7 Å². The zero-order chi connectivity index (χ0) is 83.0. The van der Waals surface area contributed by atoms with Crippen LogP contribution in [0.25, 0.3) is 0 Å². The fourth-order valence-corrected chi connectivity index (χ4v) is 21.4. The van der Waals surface area contributed by atoms with Crippen molar-refractivity contribution in [1.29, 1.82) is 0 Å². The largest absolute Gasteiger partial charge is 0.467 e. The first-order valence-electron chi connectivity index (χ1n) is 39.7. The molecule has 0 unspecified atom stereocenters. The Bertz CT molecular complexity index is 3320. The number of hydrogen-bond acceptors (Lipinski definition) is 39. The van der Waals surface area contributed by atoms with E-state index in [2.05, 4.69) is 54.5 Å². The first-order valence-corrected chi connectivity index (χ1v) is 39.7. The van der Waals surface area contributed by atoms with Crippen LogP contribution >= 0.6 is 0 Å². The van der Waals surface area contributed by atoms with Crippen LogP contribution in [0.1, 0.15) is 120 Å². The van der Waals surface area contributed by atoms with Gasteiger partial charge < -0.3 is 183 Å². The van der Waals surface area contributed by atoms with Crippen LogP contribution < -0.4 is 0 Å². The molecule has 39 heteroatoms. The van der Waals surface area contributed by atoms with E-state index >= 15 is 4.79 Å². The van der Waals surface area contributed by atoms with Crippen molar-refractivity contribution in [2.75, 3.05) is 40.1 Å². The third kappa shape index (κ3) is 15.6. The van der Waals surface area contributed by atoms with Gasteiger partial charge in [0.15, 0.2) is 56.2 Å². The molecule has 114 heavy (non-hydrogen) atoms. The molecule has 20 N–H and O–H groups in total. The van der Waals surface area contributed by atoms with Gasteiger partial charge in [-0.1, -0.05) is 60.1 Å². The highest BCUT2D eigenvalue weighted by atomic mass is 16.8. The molecule has 0 amide bonds. The molecule has 39 nitrogen and oxygen atoms in total. The van der Waals surface area contributed by atoms with Crippen LogP contribution in [0.2, 0.25) is 0 Å². The normalized spacial score (nSPS) is 54.3. The van der Waals surface area contributed by atoms with Gasteiger partial charge in [0.1, 0.15) is 152 Å². The molecule has 0 aromatic carbocycles. The Morgan fingerprint density at radius 1 is 0.439 bits per heavy atom. The van der Waals surface area contributed by atoms with E-state index in [-0.39, 0.29) is 24.7 Å². The maximum Gasteiger partial charge on any atom is 0.337 e. The summed E-state index contributed by atoms with van der Waals surface area (Å²) in [6, 6.07) is 0. The van der Waals surface area contributed by atoms with Crippen molar-refractivity contribution >= 4 is 11.9 Å². The maximum atomic E-state index is 16.3. The van der Waals surface area contributed by atoms with Crippen molar-refractivity contribution in [3.8, 4) is 0 Å². The van der Waals surface area contributed by atoms with Gasteiger partial charge in [0.05, 0.1) is 64.6 Å². The van der Waals surface area contributed by atoms with E-state index < -0.39 is 317 Å². The van der Waals surface area contributed by atoms with Crippen molar-refractivity contribution in [1.82, 2.24) is 0 Å².